The molecule has 1 spiro atoms. The Hall–Kier alpha value is -2.44. The maximum atomic E-state index is 12.4. The summed E-state index contributed by atoms with van der Waals surface area (Å²) in [4.78, 5) is 39.8. The molecule has 2 fully saturated rings. The van der Waals surface area contributed by atoms with Crippen LogP contribution < -0.4 is 10.6 Å². The third-order valence-corrected chi connectivity index (χ3v) is 4.72. The monoisotopic (exact) mass is 331 g/mol. The summed E-state index contributed by atoms with van der Waals surface area (Å²) in [6.45, 7) is 0.625. The van der Waals surface area contributed by atoms with Gasteiger partial charge in [0, 0.05) is 25.5 Å². The molecule has 1 saturated heterocycles. The van der Waals surface area contributed by atoms with Crippen molar-refractivity contribution >= 4 is 17.8 Å². The molecule has 0 radical (unpaired) electrons. The van der Waals surface area contributed by atoms with E-state index in [0.717, 1.165) is 25.7 Å². The summed E-state index contributed by atoms with van der Waals surface area (Å²) in [6, 6.07) is 3.36. The lowest BCUT2D eigenvalue weighted by molar-refractivity contribution is -0.149. The van der Waals surface area contributed by atoms with Crippen LogP contribution >= 0.6 is 0 Å². The fourth-order valence-electron chi connectivity index (χ4n) is 3.53. The molecule has 1 saturated carbocycles. The number of carbonyl (C=O) groups is 3. The molecule has 128 valence electrons. The van der Waals surface area contributed by atoms with Crippen LogP contribution in [0.4, 0.5) is 0 Å². The van der Waals surface area contributed by atoms with Crippen molar-refractivity contribution in [3.8, 4) is 0 Å². The van der Waals surface area contributed by atoms with E-state index < -0.39 is 11.5 Å². The highest BCUT2D eigenvalue weighted by atomic mass is 16.6. The SMILES string of the molecule is O=C1C[C@@H](C(=O)NCCNC(=O)c2cccnc2)C2(CCCC2)O1. The lowest BCUT2D eigenvalue weighted by Crippen LogP contribution is -2.44. The number of pyridine rings is 1. The van der Waals surface area contributed by atoms with E-state index in [1.807, 2.05) is 0 Å². The van der Waals surface area contributed by atoms with E-state index in [1.54, 1.807) is 18.3 Å². The molecule has 1 aromatic rings. The van der Waals surface area contributed by atoms with Crippen molar-refractivity contribution in [3.63, 3.8) is 0 Å². The minimum Gasteiger partial charge on any atom is -0.458 e. The second-order valence-corrected chi connectivity index (χ2v) is 6.29. The summed E-state index contributed by atoms with van der Waals surface area (Å²) in [5.74, 6) is -1.11. The normalized spacial score (nSPS) is 21.5. The molecule has 2 heterocycles. The Morgan fingerprint density at radius 1 is 1.25 bits per heavy atom. The highest BCUT2D eigenvalue weighted by molar-refractivity contribution is 5.93. The van der Waals surface area contributed by atoms with E-state index in [2.05, 4.69) is 15.6 Å². The van der Waals surface area contributed by atoms with Gasteiger partial charge in [0.2, 0.25) is 5.91 Å². The van der Waals surface area contributed by atoms with E-state index >= 15 is 0 Å². The number of amides is 2. The molecular formula is C17H21N3O4. The molecule has 1 aliphatic carbocycles. The number of hydrogen-bond donors (Lipinski definition) is 2. The van der Waals surface area contributed by atoms with Crippen molar-refractivity contribution in [2.75, 3.05) is 13.1 Å². The average molecular weight is 331 g/mol. The second kappa shape index (κ2) is 6.98. The van der Waals surface area contributed by atoms with E-state index in [9.17, 15) is 14.4 Å². The van der Waals surface area contributed by atoms with Crippen LogP contribution in [-0.2, 0) is 14.3 Å². The molecule has 1 aliphatic heterocycles. The van der Waals surface area contributed by atoms with E-state index in [-0.39, 0.29) is 24.2 Å². The Morgan fingerprint density at radius 3 is 2.71 bits per heavy atom. The van der Waals surface area contributed by atoms with Crippen LogP contribution in [0.3, 0.4) is 0 Å². The van der Waals surface area contributed by atoms with Gasteiger partial charge in [0.1, 0.15) is 5.60 Å². The summed E-state index contributed by atoms with van der Waals surface area (Å²) in [5.41, 5.74) is -0.122. The van der Waals surface area contributed by atoms with E-state index in [1.165, 1.54) is 6.20 Å². The van der Waals surface area contributed by atoms with Crippen molar-refractivity contribution in [1.29, 1.82) is 0 Å². The molecule has 0 bridgehead atoms. The molecule has 2 amide bonds. The molecule has 7 nitrogen and oxygen atoms in total. The standard InChI is InChI=1S/C17H21N3O4/c21-14-10-13(17(24-14)5-1-2-6-17)16(23)20-9-8-19-15(22)12-4-3-7-18-11-12/h3-4,7,11,13H,1-2,5-6,8-10H2,(H,19,22)(H,20,23)/t13-/m0/s1. The van der Waals surface area contributed by atoms with Crippen LogP contribution in [0.25, 0.3) is 0 Å². The Kier molecular flexibility index (Phi) is 4.78. The first-order chi connectivity index (χ1) is 11.6. The summed E-state index contributed by atoms with van der Waals surface area (Å²) >= 11 is 0. The molecule has 1 atom stereocenters. The van der Waals surface area contributed by atoms with Gasteiger partial charge in [0.15, 0.2) is 0 Å². The fourth-order valence-corrected chi connectivity index (χ4v) is 3.53. The number of ether oxygens (including phenoxy) is 1. The maximum absolute atomic E-state index is 12.4. The van der Waals surface area contributed by atoms with Crippen molar-refractivity contribution < 1.29 is 19.1 Å². The van der Waals surface area contributed by atoms with E-state index in [4.69, 9.17) is 4.74 Å². The molecule has 0 aromatic carbocycles. The van der Waals surface area contributed by atoms with Crippen molar-refractivity contribution in [2.45, 2.75) is 37.7 Å². The van der Waals surface area contributed by atoms with Crippen LogP contribution in [0.2, 0.25) is 0 Å². The van der Waals surface area contributed by atoms with Crippen molar-refractivity contribution in [3.05, 3.63) is 30.1 Å². The molecule has 3 rings (SSSR count). The van der Waals surface area contributed by atoms with Gasteiger partial charge in [-0.1, -0.05) is 0 Å². The average Bonchev–Trinajstić information content (AvgIpc) is 3.19. The van der Waals surface area contributed by atoms with Crippen molar-refractivity contribution in [2.24, 2.45) is 5.92 Å². The largest absolute Gasteiger partial charge is 0.458 e. The minimum atomic E-state index is -0.597. The van der Waals surface area contributed by atoms with Gasteiger partial charge in [-0.25, -0.2) is 0 Å². The molecule has 2 aliphatic rings. The Labute approximate surface area is 140 Å². The zero-order valence-corrected chi connectivity index (χ0v) is 13.4. The van der Waals surface area contributed by atoms with E-state index in [0.29, 0.717) is 18.7 Å². The number of hydrogen-bond acceptors (Lipinski definition) is 5. The molecule has 2 N–H and O–H groups in total. The smallest absolute Gasteiger partial charge is 0.307 e. The third-order valence-electron chi connectivity index (χ3n) is 4.72. The zero-order valence-electron chi connectivity index (χ0n) is 13.4. The molecule has 0 unspecified atom stereocenters. The minimum absolute atomic E-state index is 0.147. The first-order valence-corrected chi connectivity index (χ1v) is 8.28. The predicted octanol–water partition coefficient (Wildman–Crippen LogP) is 0.804. The zero-order chi connectivity index (χ0) is 17.0. The number of nitrogens with one attached hydrogen (secondary N) is 2. The van der Waals surface area contributed by atoms with Crippen LogP contribution in [0, 0.1) is 5.92 Å². The topological polar surface area (TPSA) is 97.4 Å². The number of esters is 1. The van der Waals surface area contributed by atoms with Crippen LogP contribution in [0.5, 0.6) is 0 Å². The number of rotatable bonds is 5. The van der Waals surface area contributed by atoms with Gasteiger partial charge in [-0.05, 0) is 37.8 Å². The lowest BCUT2D eigenvalue weighted by atomic mass is 9.85. The Bertz CT molecular complexity index is 626. The predicted molar refractivity (Wildman–Crippen MR) is 85.0 cm³/mol. The van der Waals surface area contributed by atoms with Crippen LogP contribution in [0.15, 0.2) is 24.5 Å². The van der Waals surface area contributed by atoms with Gasteiger partial charge in [0.05, 0.1) is 17.9 Å². The molecule has 24 heavy (non-hydrogen) atoms. The molecular weight excluding hydrogens is 310 g/mol. The molecule has 1 aromatic heterocycles. The number of aromatic nitrogens is 1. The van der Waals surface area contributed by atoms with Crippen molar-refractivity contribution in [1.82, 2.24) is 15.6 Å². The van der Waals surface area contributed by atoms with Gasteiger partial charge in [-0.3, -0.25) is 19.4 Å². The second-order valence-electron chi connectivity index (χ2n) is 6.29. The lowest BCUT2D eigenvalue weighted by Gasteiger charge is -2.27. The van der Waals surface area contributed by atoms with Gasteiger partial charge in [-0.2, -0.15) is 0 Å². The van der Waals surface area contributed by atoms with Crippen LogP contribution in [-0.4, -0.2) is 41.5 Å². The Balaban J connectivity index is 1.46. The summed E-state index contributed by atoms with van der Waals surface area (Å²) in [5, 5.41) is 5.52. The first-order valence-electron chi connectivity index (χ1n) is 8.28. The van der Waals surface area contributed by atoms with Gasteiger partial charge >= 0.3 is 5.97 Å². The van der Waals surface area contributed by atoms with Gasteiger partial charge in [0.25, 0.3) is 5.91 Å². The quantitative estimate of drug-likeness (QED) is 0.614. The summed E-state index contributed by atoms with van der Waals surface area (Å²) in [6.07, 6.45) is 6.72. The third kappa shape index (κ3) is 3.39. The van der Waals surface area contributed by atoms with Gasteiger partial charge < -0.3 is 15.4 Å². The van der Waals surface area contributed by atoms with Crippen LogP contribution in [0.1, 0.15) is 42.5 Å². The maximum Gasteiger partial charge on any atom is 0.307 e. The Morgan fingerprint density at radius 2 is 2.00 bits per heavy atom. The summed E-state index contributed by atoms with van der Waals surface area (Å²) in [7, 11) is 0. The summed E-state index contributed by atoms with van der Waals surface area (Å²) < 4.78 is 5.47. The highest BCUT2D eigenvalue weighted by Crippen LogP contribution is 2.45. The number of nitrogens with zero attached hydrogens (tertiary/aromatic N) is 1. The highest BCUT2D eigenvalue weighted by Gasteiger charge is 2.53. The van der Waals surface area contributed by atoms with Gasteiger partial charge in [-0.15, -0.1) is 0 Å². The number of carbonyl (C=O) groups excluding carboxylic acids is 3. The fraction of sp³-hybridized carbons (Fsp3) is 0.529. The first kappa shape index (κ1) is 16.4. The molecule has 7 heteroatoms.